The van der Waals surface area contributed by atoms with Crippen LogP contribution in [0.2, 0.25) is 0 Å². The summed E-state index contributed by atoms with van der Waals surface area (Å²) in [4.78, 5) is 23.3. The van der Waals surface area contributed by atoms with Crippen molar-refractivity contribution in [2.45, 2.75) is 32.7 Å². The second kappa shape index (κ2) is 10.8. The lowest BCUT2D eigenvalue weighted by Gasteiger charge is -2.16. The predicted octanol–water partition coefficient (Wildman–Crippen LogP) is 1.85. The van der Waals surface area contributed by atoms with E-state index in [2.05, 4.69) is 10.6 Å². The zero-order chi connectivity index (χ0) is 19.5. The van der Waals surface area contributed by atoms with Gasteiger partial charge < -0.3 is 20.5 Å². The van der Waals surface area contributed by atoms with Crippen molar-refractivity contribution in [3.05, 3.63) is 41.6 Å². The summed E-state index contributed by atoms with van der Waals surface area (Å²) >= 11 is 0. The molecule has 26 heavy (non-hydrogen) atoms. The second-order valence-corrected chi connectivity index (χ2v) is 6.22. The molecule has 1 rings (SSSR count). The number of hydrogen-bond acceptors (Lipinski definition) is 5. The maximum Gasteiger partial charge on any atom is 0.326 e. The molecule has 1 unspecified atom stereocenters. The third kappa shape index (κ3) is 7.26. The number of benzene rings is 1. The van der Waals surface area contributed by atoms with Gasteiger partial charge in [-0.25, -0.2) is 4.79 Å². The van der Waals surface area contributed by atoms with Crippen LogP contribution < -0.4 is 15.4 Å². The highest BCUT2D eigenvalue weighted by molar-refractivity contribution is 5.99. The number of carbonyl (C=O) groups is 2. The van der Waals surface area contributed by atoms with Crippen molar-refractivity contribution in [2.24, 2.45) is 5.92 Å². The summed E-state index contributed by atoms with van der Waals surface area (Å²) in [5.74, 6) is -0.948. The molecule has 0 saturated heterocycles. The summed E-state index contributed by atoms with van der Waals surface area (Å²) in [7, 11) is 1.60. The Kier molecular flexibility index (Phi) is 8.71. The first-order valence-electron chi connectivity index (χ1n) is 8.37. The molecule has 0 aliphatic heterocycles. The van der Waals surface area contributed by atoms with E-state index in [1.165, 1.54) is 6.20 Å². The van der Waals surface area contributed by atoms with Gasteiger partial charge in [0.1, 0.15) is 23.4 Å². The number of nitriles is 1. The molecule has 3 N–H and O–H groups in total. The molecule has 1 atom stereocenters. The maximum atomic E-state index is 12.1. The Balaban J connectivity index is 2.59. The van der Waals surface area contributed by atoms with Gasteiger partial charge >= 0.3 is 5.97 Å². The molecular formula is C19H25N3O4. The van der Waals surface area contributed by atoms with Crippen molar-refractivity contribution < 1.29 is 19.4 Å². The average Bonchev–Trinajstić information content (AvgIpc) is 2.60. The van der Waals surface area contributed by atoms with Crippen LogP contribution in [0.4, 0.5) is 0 Å². The lowest BCUT2D eigenvalue weighted by molar-refractivity contribution is -0.141. The van der Waals surface area contributed by atoms with E-state index in [1.807, 2.05) is 38.1 Å². The van der Waals surface area contributed by atoms with Crippen LogP contribution in [0.3, 0.4) is 0 Å². The molecule has 7 nitrogen and oxygen atoms in total. The predicted molar refractivity (Wildman–Crippen MR) is 97.4 cm³/mol. The van der Waals surface area contributed by atoms with Crippen molar-refractivity contribution in [2.75, 3.05) is 13.7 Å². The molecule has 140 valence electrons. The first kappa shape index (κ1) is 21.0. The van der Waals surface area contributed by atoms with Crippen molar-refractivity contribution >= 4 is 11.9 Å². The summed E-state index contributed by atoms with van der Waals surface area (Å²) in [6.07, 6.45) is 2.28. The van der Waals surface area contributed by atoms with E-state index in [-0.39, 0.29) is 11.5 Å². The molecule has 0 aromatic heterocycles. The van der Waals surface area contributed by atoms with Gasteiger partial charge in [0.2, 0.25) is 0 Å². The van der Waals surface area contributed by atoms with Crippen LogP contribution in [0.1, 0.15) is 25.8 Å². The molecule has 0 bridgehead atoms. The Morgan fingerprint density at radius 1 is 1.38 bits per heavy atom. The van der Waals surface area contributed by atoms with Crippen LogP contribution in [0.15, 0.2) is 36.0 Å². The minimum atomic E-state index is -1.12. The van der Waals surface area contributed by atoms with Crippen LogP contribution in [-0.4, -0.2) is 36.7 Å². The fraction of sp³-hybridized carbons (Fsp3) is 0.421. The lowest BCUT2D eigenvalue weighted by Crippen LogP contribution is -2.42. The highest BCUT2D eigenvalue weighted by atomic mass is 16.5. The summed E-state index contributed by atoms with van der Waals surface area (Å²) in [5.41, 5.74) is 0.890. The van der Waals surface area contributed by atoms with Gasteiger partial charge in [0.25, 0.3) is 5.91 Å². The lowest BCUT2D eigenvalue weighted by atomic mass is 10.0. The SMILES string of the molecule is COc1cccc(CCN/C=C(/C#N)C(=O)NC(CC(C)C)C(=O)O)c1. The van der Waals surface area contributed by atoms with E-state index < -0.39 is 17.9 Å². The van der Waals surface area contributed by atoms with Gasteiger partial charge in [-0.05, 0) is 36.5 Å². The molecule has 0 aliphatic carbocycles. The van der Waals surface area contributed by atoms with Gasteiger partial charge in [-0.15, -0.1) is 0 Å². The highest BCUT2D eigenvalue weighted by Gasteiger charge is 2.22. The molecule has 0 aliphatic rings. The molecule has 1 amide bonds. The monoisotopic (exact) mass is 359 g/mol. The van der Waals surface area contributed by atoms with E-state index in [4.69, 9.17) is 15.1 Å². The van der Waals surface area contributed by atoms with Crippen LogP contribution in [0.5, 0.6) is 5.75 Å². The smallest absolute Gasteiger partial charge is 0.326 e. The number of aliphatic carboxylic acids is 1. The van der Waals surface area contributed by atoms with Gasteiger partial charge in [0, 0.05) is 12.7 Å². The van der Waals surface area contributed by atoms with Gasteiger partial charge in [0.15, 0.2) is 0 Å². The topological polar surface area (TPSA) is 111 Å². The number of carboxylic acid groups (broad SMARTS) is 1. The number of rotatable bonds is 10. The minimum Gasteiger partial charge on any atom is -0.497 e. The number of methoxy groups -OCH3 is 1. The third-order valence-corrected chi connectivity index (χ3v) is 3.61. The van der Waals surface area contributed by atoms with Gasteiger partial charge in [-0.2, -0.15) is 5.26 Å². The summed E-state index contributed by atoms with van der Waals surface area (Å²) in [6.45, 7) is 4.24. The van der Waals surface area contributed by atoms with Crippen LogP contribution >= 0.6 is 0 Å². The molecule has 1 aromatic carbocycles. The Hall–Kier alpha value is -3.01. The van der Waals surface area contributed by atoms with E-state index in [1.54, 1.807) is 13.2 Å². The first-order valence-corrected chi connectivity index (χ1v) is 8.37. The van der Waals surface area contributed by atoms with E-state index in [0.29, 0.717) is 19.4 Å². The number of amides is 1. The van der Waals surface area contributed by atoms with Gasteiger partial charge in [-0.1, -0.05) is 26.0 Å². The van der Waals surface area contributed by atoms with Crippen LogP contribution in [-0.2, 0) is 16.0 Å². The van der Waals surface area contributed by atoms with E-state index in [0.717, 1.165) is 11.3 Å². The molecule has 0 saturated carbocycles. The van der Waals surface area contributed by atoms with E-state index >= 15 is 0 Å². The number of nitrogens with zero attached hydrogens (tertiary/aromatic N) is 1. The third-order valence-electron chi connectivity index (χ3n) is 3.61. The Morgan fingerprint density at radius 3 is 2.69 bits per heavy atom. The average molecular weight is 359 g/mol. The first-order chi connectivity index (χ1) is 12.4. The summed E-state index contributed by atoms with van der Waals surface area (Å²) in [5, 5.41) is 23.6. The normalized spacial score (nSPS) is 12.2. The Labute approximate surface area is 153 Å². The molecule has 7 heteroatoms. The molecule has 1 aromatic rings. The standard InChI is InChI=1S/C19H25N3O4/c1-13(2)9-17(19(24)25)22-18(23)15(11-20)12-21-8-7-14-5-4-6-16(10-14)26-3/h4-6,10,12-13,17,21H,7-9H2,1-3H3,(H,22,23)(H,24,25)/b15-12-. The fourth-order valence-electron chi connectivity index (χ4n) is 2.30. The van der Waals surface area contributed by atoms with Crippen molar-refractivity contribution in [1.29, 1.82) is 5.26 Å². The number of carboxylic acids is 1. The zero-order valence-electron chi connectivity index (χ0n) is 15.3. The zero-order valence-corrected chi connectivity index (χ0v) is 15.3. The Bertz CT molecular complexity index is 692. The molecular weight excluding hydrogens is 334 g/mol. The number of nitrogens with one attached hydrogen (secondary N) is 2. The van der Waals surface area contributed by atoms with Crippen molar-refractivity contribution in [1.82, 2.24) is 10.6 Å². The van der Waals surface area contributed by atoms with Gasteiger partial charge in [-0.3, -0.25) is 4.79 Å². The van der Waals surface area contributed by atoms with Crippen molar-refractivity contribution in [3.8, 4) is 11.8 Å². The number of ether oxygens (including phenoxy) is 1. The minimum absolute atomic E-state index is 0.104. The highest BCUT2D eigenvalue weighted by Crippen LogP contribution is 2.12. The summed E-state index contributed by atoms with van der Waals surface area (Å²) < 4.78 is 5.16. The number of carbonyl (C=O) groups excluding carboxylic acids is 1. The summed E-state index contributed by atoms with van der Waals surface area (Å²) in [6, 6.07) is 8.38. The second-order valence-electron chi connectivity index (χ2n) is 6.22. The largest absolute Gasteiger partial charge is 0.497 e. The quantitative estimate of drug-likeness (QED) is 0.334. The fourth-order valence-corrected chi connectivity index (χ4v) is 2.30. The Morgan fingerprint density at radius 2 is 2.12 bits per heavy atom. The molecule has 0 spiro atoms. The number of hydrogen-bond donors (Lipinski definition) is 3. The van der Waals surface area contributed by atoms with E-state index in [9.17, 15) is 9.59 Å². The molecule has 0 radical (unpaired) electrons. The maximum absolute atomic E-state index is 12.1. The van der Waals surface area contributed by atoms with Gasteiger partial charge in [0.05, 0.1) is 7.11 Å². The van der Waals surface area contributed by atoms with Crippen molar-refractivity contribution in [3.63, 3.8) is 0 Å². The van der Waals surface area contributed by atoms with Crippen LogP contribution in [0, 0.1) is 17.2 Å². The molecule has 0 heterocycles. The van der Waals surface area contributed by atoms with Crippen LogP contribution in [0.25, 0.3) is 0 Å². The molecule has 0 fully saturated rings.